The zero-order valence-corrected chi connectivity index (χ0v) is 19.3. The van der Waals surface area contributed by atoms with E-state index in [-0.39, 0.29) is 24.4 Å². The molecule has 0 spiro atoms. The number of carbonyl (C=O) groups excluding carboxylic acids is 2. The van der Waals surface area contributed by atoms with E-state index in [1.165, 1.54) is 0 Å². The normalized spacial score (nSPS) is 15.2. The summed E-state index contributed by atoms with van der Waals surface area (Å²) >= 11 is 0. The van der Waals surface area contributed by atoms with Gasteiger partial charge in [-0.1, -0.05) is 56.3 Å². The lowest BCUT2D eigenvalue weighted by molar-refractivity contribution is -0.128. The zero-order chi connectivity index (χ0) is 23.4. The lowest BCUT2D eigenvalue weighted by Gasteiger charge is -2.34. The number of anilines is 1. The third-order valence-corrected chi connectivity index (χ3v) is 6.15. The Hall–Kier alpha value is -3.61. The van der Waals surface area contributed by atoms with Gasteiger partial charge in [-0.15, -0.1) is 0 Å². The summed E-state index contributed by atoms with van der Waals surface area (Å²) in [6.45, 7) is 6.70. The Kier molecular flexibility index (Phi) is 6.77. The molecule has 7 nitrogen and oxygen atoms in total. The average molecular weight is 447 g/mol. The van der Waals surface area contributed by atoms with Crippen LogP contribution in [0.15, 0.2) is 60.8 Å². The first-order chi connectivity index (χ1) is 16.0. The number of fused-ring (bicyclic) bond motifs is 1. The molecule has 2 aromatic carbocycles. The maximum Gasteiger partial charge on any atom is 0.263 e. The van der Waals surface area contributed by atoms with Crippen LogP contribution >= 0.6 is 0 Å². The number of hydrogen-bond donors (Lipinski definition) is 1. The molecule has 1 unspecified atom stereocenters. The monoisotopic (exact) mass is 446 g/mol. The van der Waals surface area contributed by atoms with Gasteiger partial charge >= 0.3 is 0 Å². The van der Waals surface area contributed by atoms with Gasteiger partial charge in [-0.25, -0.2) is 0 Å². The number of nitrogens with zero attached hydrogens (tertiary/aromatic N) is 3. The number of ether oxygens (including phenoxy) is 1. The Bertz CT molecular complexity index is 1120. The highest BCUT2D eigenvalue weighted by Crippen LogP contribution is 2.34. The SMILES string of the molecule is CCC(CC)NC(=O)C1CN(C(=O)c2cnn(Cc3ccccc3)c2C)c2ccccc2O1. The van der Waals surface area contributed by atoms with Crippen molar-refractivity contribution in [2.75, 3.05) is 11.4 Å². The van der Waals surface area contributed by atoms with E-state index in [1.54, 1.807) is 17.2 Å². The van der Waals surface area contributed by atoms with E-state index >= 15 is 0 Å². The van der Waals surface area contributed by atoms with Crippen molar-refractivity contribution in [1.82, 2.24) is 15.1 Å². The number of rotatable bonds is 7. The molecule has 0 bridgehead atoms. The summed E-state index contributed by atoms with van der Waals surface area (Å²) < 4.78 is 7.81. The number of para-hydroxylation sites is 2. The number of hydrogen-bond acceptors (Lipinski definition) is 4. The Morgan fingerprint density at radius 1 is 1.09 bits per heavy atom. The first-order valence-corrected chi connectivity index (χ1v) is 11.5. The third-order valence-electron chi connectivity index (χ3n) is 6.15. The van der Waals surface area contributed by atoms with Crippen molar-refractivity contribution >= 4 is 17.5 Å². The molecule has 33 heavy (non-hydrogen) atoms. The quantitative estimate of drug-likeness (QED) is 0.596. The van der Waals surface area contributed by atoms with Gasteiger partial charge < -0.3 is 15.0 Å². The van der Waals surface area contributed by atoms with Crippen LogP contribution in [0.4, 0.5) is 5.69 Å². The number of aromatic nitrogens is 2. The number of carbonyl (C=O) groups is 2. The standard InChI is InChI=1S/C26H30N4O3/c1-4-20(5-2)28-25(31)24-17-29(22-13-9-10-14-23(22)33-24)26(32)21-15-27-30(18(21)3)16-19-11-7-6-8-12-19/h6-15,20,24H,4-5,16-17H2,1-3H3,(H,28,31). The predicted molar refractivity (Wildman–Crippen MR) is 128 cm³/mol. The highest BCUT2D eigenvalue weighted by Gasteiger charge is 2.35. The van der Waals surface area contributed by atoms with E-state index in [4.69, 9.17) is 4.74 Å². The van der Waals surface area contributed by atoms with Gasteiger partial charge in [-0.05, 0) is 37.5 Å². The number of nitrogens with one attached hydrogen (secondary N) is 1. The van der Waals surface area contributed by atoms with Crippen LogP contribution in [0, 0.1) is 6.92 Å². The molecule has 0 saturated heterocycles. The second-order valence-corrected chi connectivity index (χ2v) is 8.30. The highest BCUT2D eigenvalue weighted by atomic mass is 16.5. The molecular formula is C26H30N4O3. The van der Waals surface area contributed by atoms with Gasteiger partial charge in [-0.2, -0.15) is 5.10 Å². The van der Waals surface area contributed by atoms with Gasteiger partial charge in [0.1, 0.15) is 5.75 Å². The van der Waals surface area contributed by atoms with E-state index < -0.39 is 6.10 Å². The molecule has 1 aromatic heterocycles. The lowest BCUT2D eigenvalue weighted by Crippen LogP contribution is -2.52. The fourth-order valence-corrected chi connectivity index (χ4v) is 4.07. The second kappa shape index (κ2) is 9.90. The number of amides is 2. The molecule has 7 heteroatoms. The van der Waals surface area contributed by atoms with Crippen LogP contribution in [-0.2, 0) is 11.3 Å². The Morgan fingerprint density at radius 2 is 1.79 bits per heavy atom. The molecule has 1 N–H and O–H groups in total. The molecular weight excluding hydrogens is 416 g/mol. The molecule has 172 valence electrons. The molecule has 2 heterocycles. The van der Waals surface area contributed by atoms with Gasteiger partial charge in [-0.3, -0.25) is 14.3 Å². The van der Waals surface area contributed by atoms with Crippen LogP contribution in [0.25, 0.3) is 0 Å². The van der Waals surface area contributed by atoms with Crippen molar-refractivity contribution in [2.45, 2.75) is 52.3 Å². The summed E-state index contributed by atoms with van der Waals surface area (Å²) in [7, 11) is 0. The summed E-state index contributed by atoms with van der Waals surface area (Å²) in [6, 6.07) is 17.4. The van der Waals surface area contributed by atoms with Gasteiger partial charge in [0, 0.05) is 11.7 Å². The van der Waals surface area contributed by atoms with Crippen molar-refractivity contribution in [3.63, 3.8) is 0 Å². The van der Waals surface area contributed by atoms with Crippen LogP contribution < -0.4 is 15.0 Å². The van der Waals surface area contributed by atoms with E-state index in [0.29, 0.717) is 23.5 Å². The maximum absolute atomic E-state index is 13.6. The molecule has 0 radical (unpaired) electrons. The molecule has 0 fully saturated rings. The Labute approximate surface area is 194 Å². The van der Waals surface area contributed by atoms with Crippen LogP contribution in [-0.4, -0.2) is 40.3 Å². The summed E-state index contributed by atoms with van der Waals surface area (Å²) in [6.07, 6.45) is 2.52. The van der Waals surface area contributed by atoms with Crippen LogP contribution in [0.5, 0.6) is 5.75 Å². The molecule has 0 aliphatic carbocycles. The highest BCUT2D eigenvalue weighted by molar-refractivity contribution is 6.08. The topological polar surface area (TPSA) is 76.5 Å². The van der Waals surface area contributed by atoms with Crippen molar-refractivity contribution in [3.8, 4) is 5.75 Å². The number of benzene rings is 2. The van der Waals surface area contributed by atoms with Gasteiger partial charge in [0.2, 0.25) is 0 Å². The van der Waals surface area contributed by atoms with E-state index in [2.05, 4.69) is 10.4 Å². The summed E-state index contributed by atoms with van der Waals surface area (Å²) in [4.78, 5) is 28.2. The lowest BCUT2D eigenvalue weighted by atomic mass is 10.1. The van der Waals surface area contributed by atoms with Gasteiger partial charge in [0.25, 0.3) is 11.8 Å². The smallest absolute Gasteiger partial charge is 0.263 e. The van der Waals surface area contributed by atoms with Crippen molar-refractivity contribution in [1.29, 1.82) is 0 Å². The van der Waals surface area contributed by atoms with E-state index in [1.807, 2.05) is 74.0 Å². The molecule has 2 amide bonds. The largest absolute Gasteiger partial charge is 0.477 e. The molecule has 4 rings (SSSR count). The third kappa shape index (κ3) is 4.77. The minimum absolute atomic E-state index is 0.0842. The maximum atomic E-state index is 13.6. The van der Waals surface area contributed by atoms with Gasteiger partial charge in [0.15, 0.2) is 6.10 Å². The van der Waals surface area contributed by atoms with Crippen LogP contribution in [0.2, 0.25) is 0 Å². The minimum Gasteiger partial charge on any atom is -0.477 e. The summed E-state index contributed by atoms with van der Waals surface area (Å²) in [5.41, 5.74) is 3.06. The minimum atomic E-state index is -0.774. The van der Waals surface area contributed by atoms with Gasteiger partial charge in [0.05, 0.1) is 30.5 Å². The van der Waals surface area contributed by atoms with Crippen molar-refractivity contribution in [3.05, 3.63) is 77.6 Å². The fraction of sp³-hybridized carbons (Fsp3) is 0.346. The average Bonchev–Trinajstić information content (AvgIpc) is 3.21. The second-order valence-electron chi connectivity index (χ2n) is 8.30. The van der Waals surface area contributed by atoms with Crippen molar-refractivity contribution < 1.29 is 14.3 Å². The first kappa shape index (κ1) is 22.6. The Morgan fingerprint density at radius 3 is 2.52 bits per heavy atom. The molecule has 1 atom stereocenters. The summed E-state index contributed by atoms with van der Waals surface area (Å²) in [5, 5.41) is 7.50. The fourth-order valence-electron chi connectivity index (χ4n) is 4.07. The molecule has 3 aromatic rings. The summed E-state index contributed by atoms with van der Waals surface area (Å²) in [5.74, 6) is 0.131. The Balaban J connectivity index is 1.59. The van der Waals surface area contributed by atoms with Crippen molar-refractivity contribution in [2.24, 2.45) is 0 Å². The van der Waals surface area contributed by atoms with Crippen LogP contribution in [0.1, 0.15) is 48.3 Å². The molecule has 1 aliphatic heterocycles. The van der Waals surface area contributed by atoms with Crippen LogP contribution in [0.3, 0.4) is 0 Å². The molecule has 0 saturated carbocycles. The molecule has 1 aliphatic rings. The first-order valence-electron chi connectivity index (χ1n) is 11.5. The van der Waals surface area contributed by atoms with E-state index in [9.17, 15) is 9.59 Å². The van der Waals surface area contributed by atoms with E-state index in [0.717, 1.165) is 24.1 Å². The zero-order valence-electron chi connectivity index (χ0n) is 19.3. The predicted octanol–water partition coefficient (Wildman–Crippen LogP) is 3.95.